The molecule has 7 nitrogen and oxygen atoms in total. The number of nitrogens with one attached hydrogen (secondary N) is 2. The first kappa shape index (κ1) is 16.2. The highest BCUT2D eigenvalue weighted by Gasteiger charge is 2.23. The van der Waals surface area contributed by atoms with Gasteiger partial charge < -0.3 is 10.1 Å². The Labute approximate surface area is 125 Å². The van der Waals surface area contributed by atoms with Gasteiger partial charge in [-0.25, -0.2) is 4.98 Å². The highest BCUT2D eigenvalue weighted by Crippen LogP contribution is 2.16. The van der Waals surface area contributed by atoms with Crippen LogP contribution < -0.4 is 14.8 Å². The van der Waals surface area contributed by atoms with E-state index in [1.807, 2.05) is 19.9 Å². The number of pyridine rings is 1. The van der Waals surface area contributed by atoms with Crippen molar-refractivity contribution in [2.45, 2.75) is 26.5 Å². The van der Waals surface area contributed by atoms with E-state index in [1.54, 1.807) is 12.3 Å². The van der Waals surface area contributed by atoms with Crippen LogP contribution in [0.15, 0.2) is 18.3 Å². The molecule has 0 amide bonds. The van der Waals surface area contributed by atoms with Crippen LogP contribution in [0.3, 0.4) is 0 Å². The minimum absolute atomic E-state index is 0.0107. The highest BCUT2D eigenvalue weighted by atomic mass is 32.2. The van der Waals surface area contributed by atoms with Crippen molar-refractivity contribution in [3.8, 4) is 5.88 Å². The Balaban J connectivity index is 2.02. The number of rotatable bonds is 6. The Morgan fingerprint density at radius 2 is 2.14 bits per heavy atom. The topological polar surface area (TPSA) is 83.6 Å². The Hall–Kier alpha value is -1.22. The van der Waals surface area contributed by atoms with Gasteiger partial charge in [0.1, 0.15) is 0 Å². The Morgan fingerprint density at radius 3 is 2.81 bits per heavy atom. The Morgan fingerprint density at radius 1 is 1.43 bits per heavy atom. The first-order chi connectivity index (χ1) is 9.99. The molecule has 2 heterocycles. The van der Waals surface area contributed by atoms with Crippen LogP contribution in [0.1, 0.15) is 19.4 Å². The maximum atomic E-state index is 12.2. The van der Waals surface area contributed by atoms with E-state index in [1.165, 1.54) is 4.31 Å². The zero-order valence-electron chi connectivity index (χ0n) is 12.4. The molecule has 0 spiro atoms. The third-order valence-corrected chi connectivity index (χ3v) is 4.61. The summed E-state index contributed by atoms with van der Waals surface area (Å²) in [5, 5.41) is 3.13. The summed E-state index contributed by atoms with van der Waals surface area (Å²) >= 11 is 0. The van der Waals surface area contributed by atoms with E-state index in [2.05, 4.69) is 15.0 Å². The first-order valence-electron chi connectivity index (χ1n) is 7.05. The molecular weight excluding hydrogens is 292 g/mol. The zero-order valence-corrected chi connectivity index (χ0v) is 13.2. The van der Waals surface area contributed by atoms with Gasteiger partial charge in [0, 0.05) is 44.5 Å². The molecule has 2 rings (SSSR count). The number of aromatic nitrogens is 1. The number of hydrogen-bond donors (Lipinski definition) is 2. The molecule has 0 atom stereocenters. The number of hydrogen-bond acceptors (Lipinski definition) is 5. The molecular formula is C13H22N4O3S. The first-order valence-corrected chi connectivity index (χ1v) is 8.49. The molecule has 0 unspecified atom stereocenters. The van der Waals surface area contributed by atoms with Gasteiger partial charge >= 0.3 is 0 Å². The standard InChI is InChI=1S/C13H22N4O3S/c1-11(2)20-13-12(4-3-5-15-13)10-16-21(18,19)17-8-6-14-7-9-17/h3-5,11,14,16H,6-10H2,1-2H3. The molecule has 8 heteroatoms. The van der Waals surface area contributed by atoms with Gasteiger partial charge in [-0.2, -0.15) is 17.4 Å². The quantitative estimate of drug-likeness (QED) is 0.778. The van der Waals surface area contributed by atoms with Crippen molar-refractivity contribution in [2.24, 2.45) is 0 Å². The largest absolute Gasteiger partial charge is 0.475 e. The fraction of sp³-hybridized carbons (Fsp3) is 0.615. The number of piperazine rings is 1. The summed E-state index contributed by atoms with van der Waals surface area (Å²) < 4.78 is 34.1. The van der Waals surface area contributed by atoms with Gasteiger partial charge in [-0.05, 0) is 19.9 Å². The average molecular weight is 314 g/mol. The van der Waals surface area contributed by atoms with Crippen LogP contribution in [0.4, 0.5) is 0 Å². The highest BCUT2D eigenvalue weighted by molar-refractivity contribution is 7.87. The summed E-state index contributed by atoms with van der Waals surface area (Å²) in [4.78, 5) is 4.15. The summed E-state index contributed by atoms with van der Waals surface area (Å²) in [5.41, 5.74) is 0.727. The fourth-order valence-electron chi connectivity index (χ4n) is 2.03. The van der Waals surface area contributed by atoms with E-state index in [0.29, 0.717) is 32.1 Å². The fourth-order valence-corrected chi connectivity index (χ4v) is 3.22. The second-order valence-corrected chi connectivity index (χ2v) is 6.86. The molecule has 21 heavy (non-hydrogen) atoms. The van der Waals surface area contributed by atoms with Crippen LogP contribution >= 0.6 is 0 Å². The molecule has 0 saturated carbocycles. The second kappa shape index (κ2) is 7.17. The van der Waals surface area contributed by atoms with Gasteiger partial charge in [0.05, 0.1) is 6.10 Å². The molecule has 2 N–H and O–H groups in total. The van der Waals surface area contributed by atoms with E-state index in [4.69, 9.17) is 4.74 Å². The molecule has 1 fully saturated rings. The molecule has 0 radical (unpaired) electrons. The van der Waals surface area contributed by atoms with Gasteiger partial charge in [0.15, 0.2) is 0 Å². The van der Waals surface area contributed by atoms with Crippen molar-refractivity contribution in [2.75, 3.05) is 26.2 Å². The number of ether oxygens (including phenoxy) is 1. The van der Waals surface area contributed by atoms with Crippen molar-refractivity contribution < 1.29 is 13.2 Å². The van der Waals surface area contributed by atoms with E-state index in [-0.39, 0.29) is 12.6 Å². The maximum Gasteiger partial charge on any atom is 0.279 e. The Bertz CT molecular complexity index is 556. The van der Waals surface area contributed by atoms with Gasteiger partial charge in [-0.3, -0.25) is 0 Å². The van der Waals surface area contributed by atoms with E-state index >= 15 is 0 Å². The third-order valence-electron chi connectivity index (χ3n) is 3.06. The van der Waals surface area contributed by atoms with Gasteiger partial charge in [-0.1, -0.05) is 6.07 Å². The molecule has 1 aromatic rings. The van der Waals surface area contributed by atoms with Gasteiger partial charge in [0.25, 0.3) is 10.2 Å². The summed E-state index contributed by atoms with van der Waals surface area (Å²) in [6, 6.07) is 3.58. The van der Waals surface area contributed by atoms with Crippen molar-refractivity contribution in [1.29, 1.82) is 0 Å². The molecule has 0 aliphatic carbocycles. The molecule has 118 valence electrons. The van der Waals surface area contributed by atoms with Crippen LogP contribution in [0.5, 0.6) is 5.88 Å². The van der Waals surface area contributed by atoms with E-state index in [9.17, 15) is 8.42 Å². The Kier molecular flexibility index (Phi) is 5.51. The third kappa shape index (κ3) is 4.63. The lowest BCUT2D eigenvalue weighted by atomic mass is 10.3. The van der Waals surface area contributed by atoms with Crippen molar-refractivity contribution in [3.05, 3.63) is 23.9 Å². The SMILES string of the molecule is CC(C)Oc1ncccc1CNS(=O)(=O)N1CCNCC1. The summed E-state index contributed by atoms with van der Waals surface area (Å²) in [6.07, 6.45) is 1.62. The number of nitrogens with zero attached hydrogens (tertiary/aromatic N) is 2. The van der Waals surface area contributed by atoms with Crippen LogP contribution in [0.2, 0.25) is 0 Å². The lowest BCUT2D eigenvalue weighted by Crippen LogP contribution is -2.50. The minimum Gasteiger partial charge on any atom is -0.475 e. The van der Waals surface area contributed by atoms with Gasteiger partial charge in [-0.15, -0.1) is 0 Å². The molecule has 1 aliphatic heterocycles. The monoisotopic (exact) mass is 314 g/mol. The summed E-state index contributed by atoms with van der Waals surface area (Å²) in [6.45, 7) is 6.30. The van der Waals surface area contributed by atoms with Crippen LogP contribution in [0, 0.1) is 0 Å². The molecule has 1 aromatic heterocycles. The summed E-state index contributed by atoms with van der Waals surface area (Å²) in [7, 11) is -3.47. The maximum absolute atomic E-state index is 12.2. The minimum atomic E-state index is -3.47. The smallest absolute Gasteiger partial charge is 0.279 e. The van der Waals surface area contributed by atoms with Crippen LogP contribution in [-0.2, 0) is 16.8 Å². The van der Waals surface area contributed by atoms with Crippen molar-refractivity contribution in [1.82, 2.24) is 19.3 Å². The normalized spacial score (nSPS) is 17.1. The van der Waals surface area contributed by atoms with E-state index < -0.39 is 10.2 Å². The van der Waals surface area contributed by atoms with Crippen LogP contribution in [0.25, 0.3) is 0 Å². The molecule has 1 aliphatic rings. The zero-order chi connectivity index (χ0) is 15.3. The second-order valence-electron chi connectivity index (χ2n) is 5.11. The lowest BCUT2D eigenvalue weighted by molar-refractivity contribution is 0.230. The molecule has 0 bridgehead atoms. The van der Waals surface area contributed by atoms with E-state index in [0.717, 1.165) is 5.56 Å². The predicted molar refractivity (Wildman–Crippen MR) is 80.2 cm³/mol. The van der Waals surface area contributed by atoms with Crippen molar-refractivity contribution in [3.63, 3.8) is 0 Å². The molecule has 1 saturated heterocycles. The average Bonchev–Trinajstić information content (AvgIpc) is 2.47. The predicted octanol–water partition coefficient (Wildman–Crippen LogP) is 0.108. The van der Waals surface area contributed by atoms with Crippen LogP contribution in [-0.4, -0.2) is 50.0 Å². The lowest BCUT2D eigenvalue weighted by Gasteiger charge is -2.26. The molecule has 0 aromatic carbocycles. The summed E-state index contributed by atoms with van der Waals surface area (Å²) in [5.74, 6) is 0.468. The van der Waals surface area contributed by atoms with Gasteiger partial charge in [0.2, 0.25) is 5.88 Å². The van der Waals surface area contributed by atoms with Crippen molar-refractivity contribution >= 4 is 10.2 Å².